The first-order valence-corrected chi connectivity index (χ1v) is 11.4. The van der Waals surface area contributed by atoms with Gasteiger partial charge in [-0.3, -0.25) is 9.59 Å². The van der Waals surface area contributed by atoms with Crippen LogP contribution in [0.3, 0.4) is 0 Å². The molecule has 0 bridgehead atoms. The lowest BCUT2D eigenvalue weighted by Crippen LogP contribution is -2.47. The highest BCUT2D eigenvalue weighted by Crippen LogP contribution is 2.14. The van der Waals surface area contributed by atoms with Crippen LogP contribution in [0.15, 0.2) is 53.4 Å². The zero-order chi connectivity index (χ0) is 24.1. The van der Waals surface area contributed by atoms with Crippen LogP contribution in [0.4, 0.5) is 5.69 Å². The van der Waals surface area contributed by atoms with E-state index < -0.39 is 40.0 Å². The van der Waals surface area contributed by atoms with Gasteiger partial charge >= 0.3 is 5.97 Å². The van der Waals surface area contributed by atoms with Crippen molar-refractivity contribution in [3.63, 3.8) is 0 Å². The molecule has 0 aromatic heterocycles. The van der Waals surface area contributed by atoms with Gasteiger partial charge in [-0.25, -0.2) is 18.4 Å². The number of primary sulfonamides is 1. The standard InChI is InChI=1S/C22H27N3O6S/c1-13(2)19(25-21(27)16-7-5-14(3)6-8-16)22(28)31-15(4)20(26)24-17-9-11-18(12-10-17)32(23,29)30/h5-13,15,19H,1-4H3,(H,24,26)(H,25,27)(H2,23,29,30)/t15?,19-/m0/s1. The second kappa shape index (κ2) is 10.4. The van der Waals surface area contributed by atoms with Gasteiger partial charge in [-0.15, -0.1) is 0 Å². The summed E-state index contributed by atoms with van der Waals surface area (Å²) >= 11 is 0. The molecule has 0 saturated carbocycles. The quantitative estimate of drug-likeness (QED) is 0.513. The zero-order valence-electron chi connectivity index (χ0n) is 18.3. The first kappa shape index (κ1) is 25.0. The van der Waals surface area contributed by atoms with E-state index >= 15 is 0 Å². The molecule has 10 heteroatoms. The number of esters is 1. The topological polar surface area (TPSA) is 145 Å². The predicted octanol–water partition coefficient (Wildman–Crippen LogP) is 1.97. The number of rotatable bonds is 8. The number of carbonyl (C=O) groups excluding carboxylic acids is 3. The molecule has 9 nitrogen and oxygen atoms in total. The van der Waals surface area contributed by atoms with Crippen molar-refractivity contribution < 1.29 is 27.5 Å². The second-order valence-electron chi connectivity index (χ2n) is 7.70. The normalized spacial score (nSPS) is 13.2. The second-order valence-corrected chi connectivity index (χ2v) is 9.26. The third kappa shape index (κ3) is 6.89. The number of hydrogen-bond acceptors (Lipinski definition) is 6. The van der Waals surface area contributed by atoms with Gasteiger partial charge in [-0.05, 0) is 56.2 Å². The highest BCUT2D eigenvalue weighted by molar-refractivity contribution is 7.89. The number of nitrogens with one attached hydrogen (secondary N) is 2. The Morgan fingerprint density at radius 3 is 2.00 bits per heavy atom. The highest BCUT2D eigenvalue weighted by Gasteiger charge is 2.29. The average molecular weight is 462 g/mol. The maximum Gasteiger partial charge on any atom is 0.329 e. The largest absolute Gasteiger partial charge is 0.451 e. The molecule has 32 heavy (non-hydrogen) atoms. The molecule has 2 amide bonds. The summed E-state index contributed by atoms with van der Waals surface area (Å²) in [6.45, 7) is 6.79. The van der Waals surface area contributed by atoms with Crippen molar-refractivity contribution >= 4 is 33.5 Å². The molecule has 2 atom stereocenters. The molecule has 172 valence electrons. The first-order valence-electron chi connectivity index (χ1n) is 9.90. The van der Waals surface area contributed by atoms with Crippen LogP contribution >= 0.6 is 0 Å². The van der Waals surface area contributed by atoms with Gasteiger partial charge < -0.3 is 15.4 Å². The molecule has 0 saturated heterocycles. The molecule has 0 spiro atoms. The maximum atomic E-state index is 12.6. The number of aryl methyl sites for hydroxylation is 1. The van der Waals surface area contributed by atoms with Crippen LogP contribution in [-0.2, 0) is 24.3 Å². The number of sulfonamides is 1. The fourth-order valence-corrected chi connectivity index (χ4v) is 3.22. The van der Waals surface area contributed by atoms with Crippen LogP contribution in [0.5, 0.6) is 0 Å². The highest BCUT2D eigenvalue weighted by atomic mass is 32.2. The lowest BCUT2D eigenvalue weighted by molar-refractivity contribution is -0.156. The number of benzene rings is 2. The molecular formula is C22H27N3O6S. The fraction of sp³-hybridized carbons (Fsp3) is 0.318. The number of nitrogens with two attached hydrogens (primary N) is 1. The van der Waals surface area contributed by atoms with Crippen LogP contribution in [0, 0.1) is 12.8 Å². The third-order valence-electron chi connectivity index (χ3n) is 4.63. The first-order chi connectivity index (χ1) is 14.9. The number of hydrogen-bond donors (Lipinski definition) is 3. The van der Waals surface area contributed by atoms with Gasteiger partial charge in [0.1, 0.15) is 6.04 Å². The van der Waals surface area contributed by atoms with Crippen LogP contribution in [0.2, 0.25) is 0 Å². The zero-order valence-corrected chi connectivity index (χ0v) is 19.1. The van der Waals surface area contributed by atoms with Crippen LogP contribution in [-0.4, -0.2) is 38.3 Å². The lowest BCUT2D eigenvalue weighted by Gasteiger charge is -2.23. The number of ether oxygens (including phenoxy) is 1. The van der Waals surface area contributed by atoms with E-state index in [1.165, 1.54) is 31.2 Å². The van der Waals surface area contributed by atoms with Crippen LogP contribution in [0.1, 0.15) is 36.7 Å². The molecule has 2 aromatic carbocycles. The smallest absolute Gasteiger partial charge is 0.329 e. The lowest BCUT2D eigenvalue weighted by atomic mass is 10.0. The molecule has 0 fully saturated rings. The van der Waals surface area contributed by atoms with E-state index in [4.69, 9.17) is 9.88 Å². The summed E-state index contributed by atoms with van der Waals surface area (Å²) in [5.41, 5.74) is 1.71. The van der Waals surface area contributed by atoms with Crippen molar-refractivity contribution in [1.82, 2.24) is 5.32 Å². The van der Waals surface area contributed by atoms with Gasteiger partial charge in [0.25, 0.3) is 11.8 Å². The van der Waals surface area contributed by atoms with Gasteiger partial charge in [0.05, 0.1) is 4.90 Å². The Hall–Kier alpha value is -3.24. The molecule has 0 aliphatic carbocycles. The SMILES string of the molecule is Cc1ccc(C(=O)N[C@H](C(=O)OC(C)C(=O)Nc2ccc(S(N)(=O)=O)cc2)C(C)C)cc1. The Labute approximate surface area is 187 Å². The Balaban J connectivity index is 2.00. The van der Waals surface area contributed by atoms with Crippen molar-refractivity contribution in [3.8, 4) is 0 Å². The van der Waals surface area contributed by atoms with E-state index in [1.807, 2.05) is 6.92 Å². The Bertz CT molecular complexity index is 1080. The summed E-state index contributed by atoms with van der Waals surface area (Å²) in [6, 6.07) is 11.2. The number of anilines is 1. The van der Waals surface area contributed by atoms with Crippen LogP contribution in [0.25, 0.3) is 0 Å². The van der Waals surface area contributed by atoms with Gasteiger partial charge in [0.2, 0.25) is 10.0 Å². The maximum absolute atomic E-state index is 12.6. The van der Waals surface area contributed by atoms with Crippen LogP contribution < -0.4 is 15.8 Å². The van der Waals surface area contributed by atoms with Crippen molar-refractivity contribution in [2.24, 2.45) is 11.1 Å². The minimum atomic E-state index is -3.85. The molecule has 0 aliphatic heterocycles. The number of amides is 2. The van der Waals surface area contributed by atoms with E-state index in [9.17, 15) is 22.8 Å². The fourth-order valence-electron chi connectivity index (χ4n) is 2.70. The Morgan fingerprint density at radius 2 is 1.50 bits per heavy atom. The molecule has 0 radical (unpaired) electrons. The van der Waals surface area contributed by atoms with Crippen molar-refractivity contribution in [3.05, 3.63) is 59.7 Å². The summed E-state index contributed by atoms with van der Waals surface area (Å²) in [6.07, 6.45) is -1.15. The van der Waals surface area contributed by atoms with E-state index in [0.717, 1.165) is 5.56 Å². The molecule has 2 rings (SSSR count). The summed E-state index contributed by atoms with van der Waals surface area (Å²) in [7, 11) is -3.85. The van der Waals surface area contributed by atoms with Gasteiger partial charge in [-0.2, -0.15) is 0 Å². The Morgan fingerprint density at radius 1 is 0.938 bits per heavy atom. The monoisotopic (exact) mass is 461 g/mol. The molecule has 2 aromatic rings. The van der Waals surface area contributed by atoms with E-state index in [1.54, 1.807) is 38.1 Å². The predicted molar refractivity (Wildman–Crippen MR) is 119 cm³/mol. The Kier molecular flexibility index (Phi) is 8.12. The minimum absolute atomic E-state index is 0.0981. The molecule has 0 aliphatic rings. The van der Waals surface area contributed by atoms with E-state index in [0.29, 0.717) is 11.3 Å². The van der Waals surface area contributed by atoms with Gasteiger partial charge in [0.15, 0.2) is 6.10 Å². The van der Waals surface area contributed by atoms with Crippen molar-refractivity contribution in [1.29, 1.82) is 0 Å². The average Bonchev–Trinajstić information content (AvgIpc) is 2.71. The summed E-state index contributed by atoms with van der Waals surface area (Å²) in [5.74, 6) is -2.06. The summed E-state index contributed by atoms with van der Waals surface area (Å²) in [5, 5.41) is 10.2. The molecule has 4 N–H and O–H groups in total. The van der Waals surface area contributed by atoms with Crippen molar-refractivity contribution in [2.75, 3.05) is 5.32 Å². The minimum Gasteiger partial charge on any atom is -0.451 e. The third-order valence-corrected chi connectivity index (χ3v) is 5.56. The van der Waals surface area contributed by atoms with Gasteiger partial charge in [-0.1, -0.05) is 31.5 Å². The summed E-state index contributed by atoms with van der Waals surface area (Å²) < 4.78 is 27.9. The van der Waals surface area contributed by atoms with Gasteiger partial charge in [0, 0.05) is 11.3 Å². The number of carbonyl (C=O) groups is 3. The van der Waals surface area contributed by atoms with E-state index in [-0.39, 0.29) is 10.8 Å². The van der Waals surface area contributed by atoms with E-state index in [2.05, 4.69) is 10.6 Å². The molecular weight excluding hydrogens is 434 g/mol. The summed E-state index contributed by atoms with van der Waals surface area (Å²) in [4.78, 5) is 37.4. The molecule has 0 heterocycles. The van der Waals surface area contributed by atoms with Crippen molar-refractivity contribution in [2.45, 2.75) is 44.7 Å². The molecule has 1 unspecified atom stereocenters.